The average molecular weight is 660 g/mol. The highest BCUT2D eigenvalue weighted by molar-refractivity contribution is 7.89. The number of aromatic nitrogens is 1. The van der Waals surface area contributed by atoms with Gasteiger partial charge in [-0.3, -0.25) is 0 Å². The number of rotatable bonds is 8. The Hall–Kier alpha value is -3.44. The van der Waals surface area contributed by atoms with E-state index >= 15 is 0 Å². The minimum absolute atomic E-state index is 0.0813. The lowest BCUT2D eigenvalue weighted by atomic mass is 9.82. The van der Waals surface area contributed by atoms with Crippen LogP contribution in [0.25, 0.3) is 10.9 Å². The number of benzene rings is 2. The maximum Gasteiger partial charge on any atom is 0.406 e. The second-order valence-corrected chi connectivity index (χ2v) is 14.1. The van der Waals surface area contributed by atoms with Gasteiger partial charge in [-0.1, -0.05) is 12.0 Å². The maximum absolute atomic E-state index is 13.7. The fourth-order valence-corrected chi connectivity index (χ4v) is 7.55. The first-order chi connectivity index (χ1) is 21.9. The van der Waals surface area contributed by atoms with Gasteiger partial charge in [0.1, 0.15) is 12.3 Å². The van der Waals surface area contributed by atoms with E-state index in [1.165, 1.54) is 36.3 Å². The van der Waals surface area contributed by atoms with Gasteiger partial charge in [0.2, 0.25) is 10.0 Å². The predicted octanol–water partition coefficient (Wildman–Crippen LogP) is 5.30. The number of nitrogens with zero attached hydrogens (tertiary/aromatic N) is 2. The van der Waals surface area contributed by atoms with Crippen molar-refractivity contribution >= 4 is 32.3 Å². The monoisotopic (exact) mass is 659 g/mol. The van der Waals surface area contributed by atoms with E-state index in [-0.39, 0.29) is 34.5 Å². The van der Waals surface area contributed by atoms with Crippen molar-refractivity contribution in [1.29, 1.82) is 0 Å². The van der Waals surface area contributed by atoms with Gasteiger partial charge in [-0.15, -0.1) is 0 Å². The minimum atomic E-state index is -4.43. The van der Waals surface area contributed by atoms with Gasteiger partial charge >= 0.3 is 6.18 Å². The molecule has 3 aliphatic rings. The Balaban J connectivity index is 1.14. The second-order valence-electron chi connectivity index (χ2n) is 12.5. The first-order valence-corrected chi connectivity index (χ1v) is 17.2. The van der Waals surface area contributed by atoms with Crippen LogP contribution >= 0.6 is 0 Å². The summed E-state index contributed by atoms with van der Waals surface area (Å²) in [4.78, 5) is 2.52. The molecule has 248 valence electrons. The van der Waals surface area contributed by atoms with Gasteiger partial charge in [0.05, 0.1) is 47.7 Å². The molecule has 3 heterocycles. The topological polar surface area (TPSA) is 111 Å². The molecule has 4 N–H and O–H groups in total. The van der Waals surface area contributed by atoms with E-state index in [2.05, 4.69) is 27.4 Å². The zero-order valence-electron chi connectivity index (χ0n) is 25.8. The molecule has 0 unspecified atom stereocenters. The third-order valence-corrected chi connectivity index (χ3v) is 10.5. The number of sulfonamides is 1. The van der Waals surface area contributed by atoms with Crippen LogP contribution in [0.2, 0.25) is 0 Å². The number of alkyl halides is 3. The molecule has 9 nitrogen and oxygen atoms in total. The molecule has 6 rings (SSSR count). The Bertz CT molecular complexity index is 1730. The largest absolute Gasteiger partial charge is 0.495 e. The van der Waals surface area contributed by atoms with E-state index in [4.69, 9.17) is 14.6 Å². The van der Waals surface area contributed by atoms with Gasteiger partial charge in [-0.05, 0) is 81.2 Å². The van der Waals surface area contributed by atoms with Crippen LogP contribution in [0, 0.1) is 11.8 Å². The SMILES string of the molecule is COc1cc(S(N)(=O)=O)ccc1NCC#Cc1cc2c(N[C@H]3CC[C@@H](N4CCC5(CCO5)CC4)CC3)cccc2n1CC(F)(F)F. The van der Waals surface area contributed by atoms with Crippen molar-refractivity contribution < 1.29 is 31.1 Å². The molecule has 0 atom stereocenters. The number of nitrogens with one attached hydrogen (secondary N) is 2. The zero-order chi connectivity index (χ0) is 32.5. The van der Waals surface area contributed by atoms with Crippen LogP contribution in [0.1, 0.15) is 50.6 Å². The molecule has 2 aromatic carbocycles. The molecule has 2 saturated heterocycles. The molecule has 0 bridgehead atoms. The summed E-state index contributed by atoms with van der Waals surface area (Å²) >= 11 is 0. The van der Waals surface area contributed by atoms with E-state index in [1.54, 1.807) is 18.2 Å². The lowest BCUT2D eigenvalue weighted by molar-refractivity contribution is -0.176. The number of piperidine rings is 1. The van der Waals surface area contributed by atoms with E-state index in [9.17, 15) is 21.6 Å². The van der Waals surface area contributed by atoms with Crippen LogP contribution in [0.15, 0.2) is 47.4 Å². The van der Waals surface area contributed by atoms with Crippen LogP contribution in [-0.2, 0) is 21.3 Å². The summed E-state index contributed by atoms with van der Waals surface area (Å²) in [7, 11) is -2.52. The molecule has 0 amide bonds. The molecule has 1 aliphatic carbocycles. The first kappa shape index (κ1) is 32.5. The van der Waals surface area contributed by atoms with Gasteiger partial charge < -0.3 is 29.6 Å². The van der Waals surface area contributed by atoms with Gasteiger partial charge in [0.25, 0.3) is 0 Å². The minimum Gasteiger partial charge on any atom is -0.495 e. The number of fused-ring (bicyclic) bond motifs is 1. The van der Waals surface area contributed by atoms with Gasteiger partial charge in [0, 0.05) is 42.3 Å². The standard InChI is InChI=1S/C33H40F3N5O4S/c1-44-31-21-26(46(37,42)43)11-12-29(31)38-16-3-4-25-20-27-28(5-2-6-30(27)41(25)22-33(34,35)36)39-23-7-9-24(10-8-23)40-17-13-32(14-18-40)15-19-45-32/h2,5-6,11-12,20-21,23-24,38-39H,7-10,13-19,22H2,1H3,(H2,37,42,43)/t23-,24+. The molecule has 3 fully saturated rings. The summed E-state index contributed by atoms with van der Waals surface area (Å²) in [6.07, 6.45) is 3.18. The Kier molecular flexibility index (Phi) is 9.17. The van der Waals surface area contributed by atoms with Gasteiger partial charge in [-0.25, -0.2) is 13.6 Å². The third kappa shape index (κ3) is 7.25. The summed E-state index contributed by atoms with van der Waals surface area (Å²) in [5.41, 5.74) is 2.15. The Morgan fingerprint density at radius 2 is 1.80 bits per heavy atom. The zero-order valence-corrected chi connectivity index (χ0v) is 26.6. The van der Waals surface area contributed by atoms with Crippen LogP contribution < -0.4 is 20.5 Å². The van der Waals surface area contributed by atoms with Crippen molar-refractivity contribution in [2.45, 2.75) is 80.2 Å². The Labute approximate surface area is 267 Å². The normalized spacial score (nSPS) is 21.8. The molecule has 46 heavy (non-hydrogen) atoms. The Morgan fingerprint density at radius 1 is 1.07 bits per heavy atom. The van der Waals surface area contributed by atoms with E-state index in [1.807, 2.05) is 6.07 Å². The molecule has 2 aliphatic heterocycles. The van der Waals surface area contributed by atoms with Crippen LogP contribution in [0.4, 0.5) is 24.5 Å². The fraction of sp³-hybridized carbons (Fsp3) is 0.515. The van der Waals surface area contributed by atoms with E-state index in [0.29, 0.717) is 22.6 Å². The molecule has 1 aromatic heterocycles. The Morgan fingerprint density at radius 3 is 2.43 bits per heavy atom. The predicted molar refractivity (Wildman–Crippen MR) is 172 cm³/mol. The van der Waals surface area contributed by atoms with Gasteiger partial charge in [-0.2, -0.15) is 13.2 Å². The number of hydrogen-bond acceptors (Lipinski definition) is 7. The van der Waals surface area contributed by atoms with Crippen molar-refractivity contribution in [3.05, 3.63) is 48.2 Å². The van der Waals surface area contributed by atoms with Crippen LogP contribution in [-0.4, -0.2) is 75.1 Å². The lowest BCUT2D eigenvalue weighted by Gasteiger charge is -2.50. The van der Waals surface area contributed by atoms with E-state index in [0.717, 1.165) is 63.9 Å². The molecular formula is C33H40F3N5O4S. The van der Waals surface area contributed by atoms with E-state index < -0.39 is 22.7 Å². The fourth-order valence-electron chi connectivity index (χ4n) is 7.02. The number of halogens is 3. The maximum atomic E-state index is 13.7. The van der Waals surface area contributed by atoms with Crippen molar-refractivity contribution in [2.75, 3.05) is 44.0 Å². The number of primary sulfonamides is 1. The number of nitrogens with two attached hydrogens (primary N) is 1. The summed E-state index contributed by atoms with van der Waals surface area (Å²) in [6.45, 7) is 2.00. The second kappa shape index (κ2) is 13.0. The summed E-state index contributed by atoms with van der Waals surface area (Å²) in [5, 5.41) is 12.6. The van der Waals surface area contributed by atoms with Crippen molar-refractivity contribution in [3.8, 4) is 17.6 Å². The molecule has 3 aromatic rings. The molecular weight excluding hydrogens is 619 g/mol. The van der Waals surface area contributed by atoms with Crippen molar-refractivity contribution in [1.82, 2.24) is 9.47 Å². The average Bonchev–Trinajstić information content (AvgIpc) is 3.35. The molecule has 13 heteroatoms. The summed E-state index contributed by atoms with van der Waals surface area (Å²) in [5.74, 6) is 6.06. The molecule has 1 saturated carbocycles. The highest BCUT2D eigenvalue weighted by Crippen LogP contribution is 2.39. The molecule has 1 spiro atoms. The number of likely N-dealkylation sites (tertiary alicyclic amines) is 1. The summed E-state index contributed by atoms with van der Waals surface area (Å²) < 4.78 is 76.7. The van der Waals surface area contributed by atoms with Crippen LogP contribution in [0.3, 0.4) is 0 Å². The smallest absolute Gasteiger partial charge is 0.406 e. The quantitative estimate of drug-likeness (QED) is 0.282. The number of methoxy groups -OCH3 is 1. The number of anilines is 2. The highest BCUT2D eigenvalue weighted by Gasteiger charge is 2.42. The van der Waals surface area contributed by atoms with Crippen LogP contribution in [0.5, 0.6) is 5.75 Å². The molecule has 0 radical (unpaired) electrons. The first-order valence-electron chi connectivity index (χ1n) is 15.7. The third-order valence-electron chi connectivity index (χ3n) is 9.62. The summed E-state index contributed by atoms with van der Waals surface area (Å²) in [6, 6.07) is 12.1. The van der Waals surface area contributed by atoms with Crippen molar-refractivity contribution in [2.24, 2.45) is 5.14 Å². The number of ether oxygens (including phenoxy) is 2. The lowest BCUT2D eigenvalue weighted by Crippen LogP contribution is -2.54. The highest BCUT2D eigenvalue weighted by atomic mass is 32.2. The number of hydrogen-bond donors (Lipinski definition) is 3. The van der Waals surface area contributed by atoms with Gasteiger partial charge in [0.15, 0.2) is 0 Å². The van der Waals surface area contributed by atoms with Crippen molar-refractivity contribution in [3.63, 3.8) is 0 Å².